The molecule has 2 aliphatic rings. The lowest BCUT2D eigenvalue weighted by Gasteiger charge is -2.27. The summed E-state index contributed by atoms with van der Waals surface area (Å²) < 4.78 is 5.84. The molecule has 0 radical (unpaired) electrons. The molecule has 0 atom stereocenters. The summed E-state index contributed by atoms with van der Waals surface area (Å²) in [5.74, 6) is 0.0793. The van der Waals surface area contributed by atoms with Gasteiger partial charge in [-0.05, 0) is 43.4 Å². The lowest BCUT2D eigenvalue weighted by Crippen LogP contribution is -2.23. The number of amides is 1. The van der Waals surface area contributed by atoms with Crippen molar-refractivity contribution >= 4 is 23.2 Å². The minimum atomic E-state index is 0.0793. The highest BCUT2D eigenvalue weighted by Crippen LogP contribution is 2.33. The second kappa shape index (κ2) is 4.90. The van der Waals surface area contributed by atoms with Crippen molar-refractivity contribution < 1.29 is 9.53 Å². The molecule has 1 heterocycles. The van der Waals surface area contributed by atoms with Crippen LogP contribution < -0.4 is 5.32 Å². The lowest BCUT2D eigenvalue weighted by atomic mass is 9.95. The SMILES string of the molecule is O=C1CCc2c(ccc(Cl)c2COC2CCC2)N1. The highest BCUT2D eigenvalue weighted by Gasteiger charge is 2.22. The van der Waals surface area contributed by atoms with Crippen LogP contribution in [0.3, 0.4) is 0 Å². The molecule has 1 fully saturated rings. The van der Waals surface area contributed by atoms with Crippen LogP contribution in [0.4, 0.5) is 5.69 Å². The molecular weight excluding hydrogens is 250 g/mol. The predicted molar refractivity (Wildman–Crippen MR) is 70.8 cm³/mol. The zero-order valence-corrected chi connectivity index (χ0v) is 10.9. The van der Waals surface area contributed by atoms with Gasteiger partial charge in [-0.25, -0.2) is 0 Å². The highest BCUT2D eigenvalue weighted by atomic mass is 35.5. The molecule has 0 unspecified atom stereocenters. The van der Waals surface area contributed by atoms with Crippen molar-refractivity contribution in [1.82, 2.24) is 0 Å². The van der Waals surface area contributed by atoms with Gasteiger partial charge in [0.2, 0.25) is 5.91 Å². The molecule has 0 saturated heterocycles. The number of rotatable bonds is 3. The van der Waals surface area contributed by atoms with Crippen molar-refractivity contribution in [3.63, 3.8) is 0 Å². The Morgan fingerprint density at radius 2 is 2.17 bits per heavy atom. The van der Waals surface area contributed by atoms with Crippen LogP contribution in [0.5, 0.6) is 0 Å². The van der Waals surface area contributed by atoms with E-state index in [1.54, 1.807) is 0 Å². The first-order valence-electron chi connectivity index (χ1n) is 6.46. The highest BCUT2D eigenvalue weighted by molar-refractivity contribution is 6.31. The molecule has 3 nitrogen and oxygen atoms in total. The van der Waals surface area contributed by atoms with Gasteiger partial charge < -0.3 is 10.1 Å². The first-order chi connectivity index (χ1) is 8.74. The smallest absolute Gasteiger partial charge is 0.224 e. The van der Waals surface area contributed by atoms with Crippen LogP contribution in [0.15, 0.2) is 12.1 Å². The topological polar surface area (TPSA) is 38.3 Å². The summed E-state index contributed by atoms with van der Waals surface area (Å²) in [7, 11) is 0. The van der Waals surface area contributed by atoms with E-state index < -0.39 is 0 Å². The molecule has 1 aromatic carbocycles. The number of carbonyl (C=O) groups is 1. The Morgan fingerprint density at radius 1 is 1.33 bits per heavy atom. The Hall–Kier alpha value is -1.06. The van der Waals surface area contributed by atoms with Gasteiger partial charge in [0.1, 0.15) is 0 Å². The molecule has 1 aliphatic heterocycles. The van der Waals surface area contributed by atoms with Crippen molar-refractivity contribution in [3.8, 4) is 0 Å². The fourth-order valence-corrected chi connectivity index (χ4v) is 2.64. The number of hydrogen-bond acceptors (Lipinski definition) is 2. The second-order valence-corrected chi connectivity index (χ2v) is 5.37. The van der Waals surface area contributed by atoms with Gasteiger partial charge in [-0.2, -0.15) is 0 Å². The molecular formula is C14H16ClNO2. The van der Waals surface area contributed by atoms with Crippen molar-refractivity contribution in [2.45, 2.75) is 44.8 Å². The standard InChI is InChI=1S/C14H16ClNO2/c15-12-5-6-13-10(4-7-14(17)16-13)11(12)8-18-9-2-1-3-9/h5-6,9H,1-4,7-8H2,(H,16,17). The monoisotopic (exact) mass is 265 g/mol. The Labute approximate surface area is 111 Å². The third-order valence-corrected chi connectivity index (χ3v) is 4.12. The number of anilines is 1. The van der Waals surface area contributed by atoms with E-state index in [9.17, 15) is 4.79 Å². The van der Waals surface area contributed by atoms with E-state index in [-0.39, 0.29) is 5.91 Å². The van der Waals surface area contributed by atoms with Crippen LogP contribution in [-0.2, 0) is 22.6 Å². The van der Waals surface area contributed by atoms with E-state index in [2.05, 4.69) is 5.32 Å². The summed E-state index contributed by atoms with van der Waals surface area (Å²) in [6.45, 7) is 0.558. The molecule has 0 bridgehead atoms. The Bertz CT molecular complexity index is 483. The minimum Gasteiger partial charge on any atom is -0.373 e. The zero-order valence-electron chi connectivity index (χ0n) is 10.2. The van der Waals surface area contributed by atoms with Gasteiger partial charge in [0, 0.05) is 22.7 Å². The average Bonchev–Trinajstić information content (AvgIpc) is 2.30. The largest absolute Gasteiger partial charge is 0.373 e. The summed E-state index contributed by atoms with van der Waals surface area (Å²) in [4.78, 5) is 11.4. The van der Waals surface area contributed by atoms with Gasteiger partial charge in [-0.3, -0.25) is 4.79 Å². The van der Waals surface area contributed by atoms with E-state index in [0.717, 1.165) is 41.1 Å². The number of nitrogens with one attached hydrogen (secondary N) is 1. The second-order valence-electron chi connectivity index (χ2n) is 4.96. The summed E-state index contributed by atoms with van der Waals surface area (Å²) in [5.41, 5.74) is 3.07. The first kappa shape index (κ1) is 12.0. The van der Waals surface area contributed by atoms with Crippen molar-refractivity contribution in [2.75, 3.05) is 5.32 Å². The van der Waals surface area contributed by atoms with Gasteiger partial charge in [0.25, 0.3) is 0 Å². The Morgan fingerprint density at radius 3 is 2.89 bits per heavy atom. The van der Waals surface area contributed by atoms with E-state index in [1.165, 1.54) is 6.42 Å². The average molecular weight is 266 g/mol. The molecule has 1 N–H and O–H groups in total. The molecule has 4 heteroatoms. The van der Waals surface area contributed by atoms with Gasteiger partial charge in [0.05, 0.1) is 12.7 Å². The van der Waals surface area contributed by atoms with Crippen molar-refractivity contribution in [3.05, 3.63) is 28.3 Å². The van der Waals surface area contributed by atoms with Crippen LogP contribution >= 0.6 is 11.6 Å². The summed E-state index contributed by atoms with van der Waals surface area (Å²) >= 11 is 6.25. The van der Waals surface area contributed by atoms with E-state index in [1.807, 2.05) is 12.1 Å². The van der Waals surface area contributed by atoms with E-state index in [0.29, 0.717) is 19.1 Å². The summed E-state index contributed by atoms with van der Waals surface area (Å²) in [6, 6.07) is 3.72. The molecule has 1 aromatic rings. The van der Waals surface area contributed by atoms with Gasteiger partial charge in [-0.15, -0.1) is 0 Å². The number of hydrogen-bond donors (Lipinski definition) is 1. The van der Waals surface area contributed by atoms with Crippen molar-refractivity contribution in [1.29, 1.82) is 0 Å². The van der Waals surface area contributed by atoms with E-state index >= 15 is 0 Å². The van der Waals surface area contributed by atoms with Crippen LogP contribution in [0.1, 0.15) is 36.8 Å². The van der Waals surface area contributed by atoms with Crippen LogP contribution in [0.2, 0.25) is 5.02 Å². The van der Waals surface area contributed by atoms with Gasteiger partial charge in [0.15, 0.2) is 0 Å². The molecule has 0 aromatic heterocycles. The number of benzene rings is 1. The number of carbonyl (C=O) groups excluding carboxylic acids is 1. The maximum Gasteiger partial charge on any atom is 0.224 e. The third kappa shape index (κ3) is 2.25. The molecule has 1 amide bonds. The van der Waals surface area contributed by atoms with Crippen LogP contribution in [0, 0.1) is 0 Å². The molecule has 18 heavy (non-hydrogen) atoms. The quantitative estimate of drug-likeness (QED) is 0.911. The van der Waals surface area contributed by atoms with E-state index in [4.69, 9.17) is 16.3 Å². The molecule has 96 valence electrons. The van der Waals surface area contributed by atoms with Crippen LogP contribution in [-0.4, -0.2) is 12.0 Å². The number of halogens is 1. The maximum atomic E-state index is 11.4. The maximum absolute atomic E-state index is 11.4. The van der Waals surface area contributed by atoms with Gasteiger partial charge >= 0.3 is 0 Å². The van der Waals surface area contributed by atoms with Gasteiger partial charge in [-0.1, -0.05) is 11.6 Å². The number of fused-ring (bicyclic) bond motifs is 1. The van der Waals surface area contributed by atoms with Crippen molar-refractivity contribution in [2.24, 2.45) is 0 Å². The molecule has 0 spiro atoms. The Kier molecular flexibility index (Phi) is 3.27. The lowest BCUT2D eigenvalue weighted by molar-refractivity contribution is -0.116. The normalized spacial score (nSPS) is 19.1. The summed E-state index contributed by atoms with van der Waals surface area (Å²) in [5, 5.41) is 3.63. The molecule has 1 saturated carbocycles. The molecule has 3 rings (SSSR count). The molecule has 1 aliphatic carbocycles. The Balaban J connectivity index is 1.82. The number of ether oxygens (including phenoxy) is 1. The fraction of sp³-hybridized carbons (Fsp3) is 0.500. The van der Waals surface area contributed by atoms with Crippen LogP contribution in [0.25, 0.3) is 0 Å². The predicted octanol–water partition coefficient (Wildman–Crippen LogP) is 3.29. The summed E-state index contributed by atoms with van der Waals surface area (Å²) in [6.07, 6.45) is 5.26. The third-order valence-electron chi connectivity index (χ3n) is 3.77. The first-order valence-corrected chi connectivity index (χ1v) is 6.83. The minimum absolute atomic E-state index is 0.0793. The zero-order chi connectivity index (χ0) is 12.5. The fourth-order valence-electron chi connectivity index (χ4n) is 2.41.